The molecule has 1 unspecified atom stereocenters. The Morgan fingerprint density at radius 1 is 1.90 bits per heavy atom. The highest BCUT2D eigenvalue weighted by Crippen LogP contribution is 2.24. The molecule has 1 heterocycles. The number of hydroxylamine groups is 2. The normalized spacial score (nSPS) is 31.2. The molecule has 56 valence electrons. The molecule has 0 aromatic rings. The van der Waals surface area contributed by atoms with Gasteiger partial charge in [0.15, 0.2) is 0 Å². The molecule has 0 saturated heterocycles. The van der Waals surface area contributed by atoms with Gasteiger partial charge >= 0.3 is 0 Å². The van der Waals surface area contributed by atoms with E-state index < -0.39 is 11.4 Å². The SMILES string of the molecule is CC1(C(N)=O)CC=CN1[O-]. The molecule has 0 fully saturated rings. The molecule has 0 aromatic heterocycles. The first-order chi connectivity index (χ1) is 4.57. The maximum Gasteiger partial charge on any atom is 0.242 e. The van der Waals surface area contributed by atoms with Crippen molar-refractivity contribution in [1.82, 2.24) is 5.06 Å². The minimum Gasteiger partial charge on any atom is -0.758 e. The number of hydrogen-bond donors (Lipinski definition) is 1. The van der Waals surface area contributed by atoms with Crippen molar-refractivity contribution in [2.45, 2.75) is 18.9 Å². The van der Waals surface area contributed by atoms with Crippen LogP contribution in [-0.4, -0.2) is 16.5 Å². The zero-order valence-electron chi connectivity index (χ0n) is 5.70. The quantitative estimate of drug-likeness (QED) is 0.556. The summed E-state index contributed by atoms with van der Waals surface area (Å²) in [7, 11) is 0. The average molecular weight is 141 g/mol. The van der Waals surface area contributed by atoms with E-state index in [2.05, 4.69) is 0 Å². The lowest BCUT2D eigenvalue weighted by Crippen LogP contribution is -2.48. The Labute approximate surface area is 58.9 Å². The largest absolute Gasteiger partial charge is 0.758 e. The minimum absolute atomic E-state index is 0.409. The summed E-state index contributed by atoms with van der Waals surface area (Å²) in [6.45, 7) is 1.53. The van der Waals surface area contributed by atoms with E-state index in [4.69, 9.17) is 5.73 Å². The summed E-state index contributed by atoms with van der Waals surface area (Å²) in [6, 6.07) is 0. The zero-order chi connectivity index (χ0) is 7.78. The first-order valence-corrected chi connectivity index (χ1v) is 3.00. The Morgan fingerprint density at radius 3 is 2.70 bits per heavy atom. The van der Waals surface area contributed by atoms with Crippen LogP contribution in [0.4, 0.5) is 0 Å². The zero-order valence-corrected chi connectivity index (χ0v) is 5.70. The molecule has 1 atom stereocenters. The lowest BCUT2D eigenvalue weighted by molar-refractivity contribution is -0.125. The monoisotopic (exact) mass is 141 g/mol. The van der Waals surface area contributed by atoms with Gasteiger partial charge in [0.25, 0.3) is 0 Å². The number of carbonyl (C=O) groups is 1. The second kappa shape index (κ2) is 1.98. The van der Waals surface area contributed by atoms with Crippen LogP contribution in [0.3, 0.4) is 0 Å². The molecule has 0 spiro atoms. The molecule has 1 aliphatic rings. The van der Waals surface area contributed by atoms with Gasteiger partial charge in [-0.1, -0.05) is 6.08 Å². The van der Waals surface area contributed by atoms with E-state index in [0.717, 1.165) is 0 Å². The third-order valence-electron chi connectivity index (χ3n) is 1.77. The number of primary amides is 1. The average Bonchev–Trinajstić information content (AvgIpc) is 2.15. The van der Waals surface area contributed by atoms with E-state index in [1.54, 1.807) is 6.08 Å². The molecule has 0 aliphatic carbocycles. The van der Waals surface area contributed by atoms with E-state index >= 15 is 0 Å². The van der Waals surface area contributed by atoms with Crippen LogP contribution in [0.1, 0.15) is 13.3 Å². The van der Waals surface area contributed by atoms with Crippen molar-refractivity contribution in [1.29, 1.82) is 0 Å². The van der Waals surface area contributed by atoms with E-state index in [9.17, 15) is 10.0 Å². The highest BCUT2D eigenvalue weighted by Gasteiger charge is 2.33. The summed E-state index contributed by atoms with van der Waals surface area (Å²) < 4.78 is 0. The molecule has 2 N–H and O–H groups in total. The first kappa shape index (κ1) is 7.08. The fraction of sp³-hybridized carbons (Fsp3) is 0.500. The van der Waals surface area contributed by atoms with Gasteiger partial charge in [-0.15, -0.1) is 0 Å². The van der Waals surface area contributed by atoms with E-state index in [-0.39, 0.29) is 0 Å². The second-order valence-electron chi connectivity index (χ2n) is 2.55. The van der Waals surface area contributed by atoms with Crippen molar-refractivity contribution in [3.63, 3.8) is 0 Å². The maximum absolute atomic E-state index is 10.9. The van der Waals surface area contributed by atoms with Gasteiger partial charge in [0.05, 0.1) is 0 Å². The highest BCUT2D eigenvalue weighted by molar-refractivity contribution is 5.85. The van der Waals surface area contributed by atoms with Gasteiger partial charge in [0, 0.05) is 0 Å². The maximum atomic E-state index is 10.9. The van der Waals surface area contributed by atoms with Crippen molar-refractivity contribution >= 4 is 5.91 Å². The second-order valence-corrected chi connectivity index (χ2v) is 2.55. The topological polar surface area (TPSA) is 69.4 Å². The summed E-state index contributed by atoms with van der Waals surface area (Å²) in [4.78, 5) is 10.7. The molecule has 4 nitrogen and oxygen atoms in total. The Balaban J connectivity index is 2.80. The number of hydrogen-bond acceptors (Lipinski definition) is 3. The smallest absolute Gasteiger partial charge is 0.242 e. The van der Waals surface area contributed by atoms with Gasteiger partial charge < -0.3 is 16.0 Å². The summed E-state index contributed by atoms with van der Waals surface area (Å²) in [5.74, 6) is -0.576. The standard InChI is InChI=1S/C6H9N2O2/c1-6(5(7)9)3-2-4-8(6)10/h2,4H,3H2,1H3,(H2,7,9)/q-1. The van der Waals surface area contributed by atoms with Crippen molar-refractivity contribution < 1.29 is 4.79 Å². The molecule has 10 heavy (non-hydrogen) atoms. The molecule has 1 aliphatic heterocycles. The Kier molecular flexibility index (Phi) is 1.40. The van der Waals surface area contributed by atoms with Gasteiger partial charge in [-0.25, -0.2) is 0 Å². The van der Waals surface area contributed by atoms with Crippen LogP contribution in [0.2, 0.25) is 0 Å². The fourth-order valence-corrected chi connectivity index (χ4v) is 0.842. The number of nitrogens with zero attached hydrogens (tertiary/aromatic N) is 1. The predicted octanol–water partition coefficient (Wildman–Crippen LogP) is -0.0524. The number of carbonyl (C=O) groups excluding carboxylic acids is 1. The third kappa shape index (κ3) is 0.769. The summed E-state index contributed by atoms with van der Waals surface area (Å²) in [6.07, 6.45) is 3.37. The van der Waals surface area contributed by atoms with E-state index in [0.29, 0.717) is 11.5 Å². The van der Waals surface area contributed by atoms with Crippen LogP contribution >= 0.6 is 0 Å². The predicted molar refractivity (Wildman–Crippen MR) is 36.6 cm³/mol. The first-order valence-electron chi connectivity index (χ1n) is 3.00. The number of amides is 1. The minimum atomic E-state index is -1.04. The van der Waals surface area contributed by atoms with Gasteiger partial charge in [-0.05, 0) is 19.5 Å². The van der Waals surface area contributed by atoms with Crippen LogP contribution in [0, 0.1) is 5.21 Å². The van der Waals surface area contributed by atoms with E-state index in [1.165, 1.54) is 13.1 Å². The van der Waals surface area contributed by atoms with Crippen molar-refractivity contribution in [3.05, 3.63) is 17.5 Å². The molecule has 0 aromatic carbocycles. The number of rotatable bonds is 1. The lowest BCUT2D eigenvalue weighted by Gasteiger charge is -2.38. The lowest BCUT2D eigenvalue weighted by atomic mass is 10.00. The highest BCUT2D eigenvalue weighted by atomic mass is 16.5. The van der Waals surface area contributed by atoms with Crippen molar-refractivity contribution in [2.75, 3.05) is 0 Å². The Morgan fingerprint density at radius 2 is 2.50 bits per heavy atom. The van der Waals surface area contributed by atoms with Crippen LogP contribution in [-0.2, 0) is 4.79 Å². The van der Waals surface area contributed by atoms with Crippen LogP contribution in [0.5, 0.6) is 0 Å². The van der Waals surface area contributed by atoms with Crippen molar-refractivity contribution in [2.24, 2.45) is 5.73 Å². The molecule has 1 rings (SSSR count). The molecular formula is C6H9N2O2-. The van der Waals surface area contributed by atoms with Gasteiger partial charge in [0.1, 0.15) is 5.54 Å². The summed E-state index contributed by atoms with van der Waals surface area (Å²) in [5.41, 5.74) is 3.96. The molecule has 4 heteroatoms. The molecule has 0 radical (unpaired) electrons. The number of nitrogens with two attached hydrogens (primary N) is 1. The molecular weight excluding hydrogens is 132 g/mol. The molecule has 0 bridgehead atoms. The van der Waals surface area contributed by atoms with Crippen LogP contribution in [0.15, 0.2) is 12.3 Å². The van der Waals surface area contributed by atoms with Crippen molar-refractivity contribution in [3.8, 4) is 0 Å². The Hall–Kier alpha value is -1.03. The van der Waals surface area contributed by atoms with Gasteiger partial charge in [-0.3, -0.25) is 4.79 Å². The van der Waals surface area contributed by atoms with Gasteiger partial charge in [-0.2, -0.15) is 0 Å². The molecule has 1 amide bonds. The Bertz CT molecular complexity index is 190. The van der Waals surface area contributed by atoms with E-state index in [1.807, 2.05) is 0 Å². The summed E-state index contributed by atoms with van der Waals surface area (Å²) >= 11 is 0. The fourth-order valence-electron chi connectivity index (χ4n) is 0.842. The van der Waals surface area contributed by atoms with Crippen LogP contribution < -0.4 is 5.73 Å². The third-order valence-corrected chi connectivity index (χ3v) is 1.77. The van der Waals surface area contributed by atoms with Crippen LogP contribution in [0.25, 0.3) is 0 Å². The summed E-state index contributed by atoms with van der Waals surface area (Å²) in [5, 5.41) is 11.5. The van der Waals surface area contributed by atoms with Gasteiger partial charge in [0.2, 0.25) is 5.91 Å². The molecule has 0 saturated carbocycles.